The highest BCUT2D eigenvalue weighted by molar-refractivity contribution is 6.01. The van der Waals surface area contributed by atoms with Crippen molar-refractivity contribution in [2.75, 3.05) is 13.2 Å². The van der Waals surface area contributed by atoms with E-state index in [-0.39, 0.29) is 12.0 Å². The van der Waals surface area contributed by atoms with Crippen LogP contribution in [0.3, 0.4) is 0 Å². The maximum absolute atomic E-state index is 11.6. The molecule has 0 aliphatic rings. The van der Waals surface area contributed by atoms with Crippen molar-refractivity contribution in [2.45, 2.75) is 40.7 Å². The molecule has 0 radical (unpaired) electrons. The molecule has 17 heavy (non-hydrogen) atoms. The molecule has 3 N–H and O–H groups in total. The molecule has 1 amide bonds. The maximum Gasteiger partial charge on any atom is 0.332 e. The van der Waals surface area contributed by atoms with Crippen LogP contribution in [0.5, 0.6) is 0 Å². The molecule has 0 heterocycles. The van der Waals surface area contributed by atoms with Crippen LogP contribution in [-0.4, -0.2) is 31.1 Å². The quantitative estimate of drug-likeness (QED) is 0.531. The van der Waals surface area contributed by atoms with Crippen molar-refractivity contribution in [1.82, 2.24) is 5.32 Å². The first kappa shape index (κ1) is 15.9. The Bertz CT molecular complexity index is 275. The van der Waals surface area contributed by atoms with Crippen molar-refractivity contribution in [2.24, 2.45) is 17.1 Å². The highest BCUT2D eigenvalue weighted by Crippen LogP contribution is 2.24. The Morgan fingerprint density at radius 3 is 2.29 bits per heavy atom. The lowest BCUT2D eigenvalue weighted by molar-refractivity contribution is -0.148. The predicted octanol–water partition coefficient (Wildman–Crippen LogP) is 0.675. The van der Waals surface area contributed by atoms with Crippen LogP contribution in [0, 0.1) is 11.3 Å². The largest absolute Gasteiger partial charge is 0.464 e. The first-order valence-electron chi connectivity index (χ1n) is 5.92. The van der Waals surface area contributed by atoms with Gasteiger partial charge in [0.1, 0.15) is 0 Å². The van der Waals surface area contributed by atoms with Gasteiger partial charge in [0.25, 0.3) is 0 Å². The third kappa shape index (κ3) is 5.17. The first-order valence-corrected chi connectivity index (χ1v) is 5.92. The van der Waals surface area contributed by atoms with Gasteiger partial charge in [0.15, 0.2) is 6.04 Å². The van der Waals surface area contributed by atoms with E-state index < -0.39 is 17.9 Å². The Kier molecular flexibility index (Phi) is 6.16. The van der Waals surface area contributed by atoms with E-state index in [1.54, 1.807) is 6.92 Å². The van der Waals surface area contributed by atoms with E-state index in [2.05, 4.69) is 23.9 Å². The van der Waals surface area contributed by atoms with Gasteiger partial charge in [0.05, 0.1) is 6.61 Å². The number of amides is 1. The van der Waals surface area contributed by atoms with E-state index in [4.69, 9.17) is 5.73 Å². The molecule has 0 aromatic carbocycles. The summed E-state index contributed by atoms with van der Waals surface area (Å²) in [5.41, 5.74) is 5.43. The number of hydrogen-bond acceptors (Lipinski definition) is 4. The summed E-state index contributed by atoms with van der Waals surface area (Å²) in [6, 6.07) is -1.24. The molecular weight excluding hydrogens is 220 g/mol. The van der Waals surface area contributed by atoms with Gasteiger partial charge in [-0.25, -0.2) is 4.79 Å². The van der Waals surface area contributed by atoms with Crippen molar-refractivity contribution in [1.29, 1.82) is 0 Å². The van der Waals surface area contributed by atoms with Gasteiger partial charge in [-0.2, -0.15) is 0 Å². The molecule has 0 aromatic rings. The van der Waals surface area contributed by atoms with Crippen LogP contribution in [0.15, 0.2) is 0 Å². The van der Waals surface area contributed by atoms with Crippen molar-refractivity contribution < 1.29 is 14.3 Å². The summed E-state index contributed by atoms with van der Waals surface area (Å²) in [5.74, 6) is -0.758. The molecule has 0 aromatic heterocycles. The fourth-order valence-corrected chi connectivity index (χ4v) is 0.968. The molecule has 1 unspecified atom stereocenters. The van der Waals surface area contributed by atoms with Crippen LogP contribution in [0.4, 0.5) is 0 Å². The van der Waals surface area contributed by atoms with Crippen molar-refractivity contribution in [3.8, 4) is 0 Å². The van der Waals surface area contributed by atoms with E-state index in [1.807, 2.05) is 13.8 Å². The first-order chi connectivity index (χ1) is 7.72. The third-order valence-corrected chi connectivity index (χ3v) is 3.10. The average Bonchev–Trinajstić information content (AvgIpc) is 2.25. The molecule has 0 aliphatic heterocycles. The lowest BCUT2D eigenvalue weighted by Crippen LogP contribution is -2.49. The SMILES string of the molecule is CCOC(=O)C(N)C(=O)NCC(C)(C)C(C)C. The summed E-state index contributed by atoms with van der Waals surface area (Å²) < 4.78 is 4.68. The molecule has 0 bridgehead atoms. The third-order valence-electron chi connectivity index (χ3n) is 3.10. The minimum absolute atomic E-state index is 0.0377. The highest BCUT2D eigenvalue weighted by Gasteiger charge is 2.27. The zero-order valence-electron chi connectivity index (χ0n) is 11.4. The zero-order valence-corrected chi connectivity index (χ0v) is 11.4. The number of rotatable bonds is 6. The molecule has 0 saturated carbocycles. The van der Waals surface area contributed by atoms with Gasteiger partial charge >= 0.3 is 5.97 Å². The van der Waals surface area contributed by atoms with Crippen molar-refractivity contribution >= 4 is 11.9 Å². The fourth-order valence-electron chi connectivity index (χ4n) is 0.968. The number of hydrogen-bond donors (Lipinski definition) is 2. The van der Waals surface area contributed by atoms with Gasteiger partial charge in [0, 0.05) is 6.54 Å². The maximum atomic E-state index is 11.6. The summed E-state index contributed by atoms with van der Waals surface area (Å²) in [6.45, 7) is 10.6. The van der Waals surface area contributed by atoms with Gasteiger partial charge in [0.2, 0.25) is 5.91 Å². The number of esters is 1. The minimum Gasteiger partial charge on any atom is -0.464 e. The molecule has 1 atom stereocenters. The number of carbonyl (C=O) groups is 2. The number of ether oxygens (including phenoxy) is 1. The van der Waals surface area contributed by atoms with Gasteiger partial charge < -0.3 is 15.8 Å². The molecule has 0 fully saturated rings. The smallest absolute Gasteiger partial charge is 0.332 e. The number of nitrogens with two attached hydrogens (primary N) is 1. The molecule has 0 spiro atoms. The Balaban J connectivity index is 4.23. The van der Waals surface area contributed by atoms with E-state index >= 15 is 0 Å². The summed E-state index contributed by atoms with van der Waals surface area (Å²) in [4.78, 5) is 22.8. The lowest BCUT2D eigenvalue weighted by atomic mass is 9.81. The number of nitrogens with one attached hydrogen (secondary N) is 1. The molecule has 100 valence electrons. The molecule has 5 nitrogen and oxygen atoms in total. The Labute approximate surface area is 103 Å². The molecule has 5 heteroatoms. The van der Waals surface area contributed by atoms with Gasteiger partial charge in [-0.15, -0.1) is 0 Å². The fraction of sp³-hybridized carbons (Fsp3) is 0.833. The molecule has 0 aliphatic carbocycles. The standard InChI is InChI=1S/C12H24N2O3/c1-6-17-11(16)9(13)10(15)14-7-12(4,5)8(2)3/h8-9H,6-7,13H2,1-5H3,(H,14,15). The monoisotopic (exact) mass is 244 g/mol. The Hall–Kier alpha value is -1.10. The molecular formula is C12H24N2O3. The normalized spacial score (nSPS) is 13.4. The second-order valence-corrected chi connectivity index (χ2v) is 5.09. The summed E-state index contributed by atoms with van der Waals surface area (Å²) in [6.07, 6.45) is 0. The Morgan fingerprint density at radius 2 is 1.88 bits per heavy atom. The average molecular weight is 244 g/mol. The van der Waals surface area contributed by atoms with Crippen molar-refractivity contribution in [3.63, 3.8) is 0 Å². The summed E-state index contributed by atoms with van der Waals surface area (Å²) >= 11 is 0. The predicted molar refractivity (Wildman–Crippen MR) is 66.2 cm³/mol. The second-order valence-electron chi connectivity index (χ2n) is 5.09. The second kappa shape index (κ2) is 6.59. The van der Waals surface area contributed by atoms with Crippen molar-refractivity contribution in [3.05, 3.63) is 0 Å². The van der Waals surface area contributed by atoms with E-state index in [0.29, 0.717) is 12.5 Å². The van der Waals surface area contributed by atoms with Crippen LogP contribution in [0.2, 0.25) is 0 Å². The van der Waals surface area contributed by atoms with Gasteiger partial charge in [-0.05, 0) is 18.3 Å². The molecule has 0 saturated heterocycles. The van der Waals surface area contributed by atoms with Gasteiger partial charge in [-0.3, -0.25) is 4.79 Å². The van der Waals surface area contributed by atoms with Gasteiger partial charge in [-0.1, -0.05) is 27.7 Å². The van der Waals surface area contributed by atoms with E-state index in [1.165, 1.54) is 0 Å². The molecule has 0 rings (SSSR count). The minimum atomic E-state index is -1.24. The van der Waals surface area contributed by atoms with Crippen LogP contribution >= 0.6 is 0 Å². The topological polar surface area (TPSA) is 81.4 Å². The lowest BCUT2D eigenvalue weighted by Gasteiger charge is -2.29. The van der Waals surface area contributed by atoms with E-state index in [9.17, 15) is 9.59 Å². The summed E-state index contributed by atoms with van der Waals surface area (Å²) in [5, 5.41) is 2.68. The van der Waals surface area contributed by atoms with Crippen LogP contribution in [-0.2, 0) is 14.3 Å². The summed E-state index contributed by atoms with van der Waals surface area (Å²) in [7, 11) is 0. The zero-order chi connectivity index (χ0) is 13.6. The van der Waals surface area contributed by atoms with Crippen LogP contribution in [0.1, 0.15) is 34.6 Å². The number of carbonyl (C=O) groups excluding carboxylic acids is 2. The Morgan fingerprint density at radius 1 is 1.35 bits per heavy atom. The van der Waals surface area contributed by atoms with Crippen LogP contribution in [0.25, 0.3) is 0 Å². The highest BCUT2D eigenvalue weighted by atomic mass is 16.5. The van der Waals surface area contributed by atoms with Crippen LogP contribution < -0.4 is 11.1 Å². The van der Waals surface area contributed by atoms with E-state index in [0.717, 1.165) is 0 Å².